The third kappa shape index (κ3) is 4.86. The molecule has 2 rings (SSSR count). The Morgan fingerprint density at radius 3 is 2.71 bits per heavy atom. The molecule has 2 aromatic rings. The van der Waals surface area contributed by atoms with Gasteiger partial charge in [0, 0.05) is 19.0 Å². The van der Waals surface area contributed by atoms with Crippen molar-refractivity contribution in [3.05, 3.63) is 41.1 Å². The van der Waals surface area contributed by atoms with Crippen LogP contribution in [0.25, 0.3) is 0 Å². The van der Waals surface area contributed by atoms with E-state index in [1.807, 2.05) is 12.1 Å². The molecule has 0 aliphatic carbocycles. The number of aryl methyl sites for hydroxylation is 2. The van der Waals surface area contributed by atoms with Gasteiger partial charge in [-0.2, -0.15) is 0 Å². The van der Waals surface area contributed by atoms with Crippen molar-refractivity contribution in [2.45, 2.75) is 40.8 Å². The number of hydrogen-bond acceptors (Lipinski definition) is 5. The first-order valence-corrected chi connectivity index (χ1v) is 7.26. The average molecular weight is 289 g/mol. The van der Waals surface area contributed by atoms with Crippen molar-refractivity contribution in [2.75, 3.05) is 6.54 Å². The van der Waals surface area contributed by atoms with Crippen molar-refractivity contribution >= 4 is 0 Å². The van der Waals surface area contributed by atoms with Crippen LogP contribution >= 0.6 is 0 Å². The monoisotopic (exact) mass is 289 g/mol. The lowest BCUT2D eigenvalue weighted by atomic mass is 10.1. The molecular weight excluding hydrogens is 266 g/mol. The highest BCUT2D eigenvalue weighted by Crippen LogP contribution is 2.21. The van der Waals surface area contributed by atoms with Crippen molar-refractivity contribution in [1.82, 2.24) is 15.5 Å². The van der Waals surface area contributed by atoms with E-state index >= 15 is 0 Å². The second-order valence-electron chi connectivity index (χ2n) is 5.64. The number of aromatic nitrogens is 2. The minimum Gasteiger partial charge on any atom is -0.483 e. The molecule has 0 bridgehead atoms. The minimum atomic E-state index is 0.293. The Balaban J connectivity index is 2.00. The molecule has 0 amide bonds. The lowest BCUT2D eigenvalue weighted by Gasteiger charge is -2.13. The zero-order chi connectivity index (χ0) is 15.2. The molecule has 0 aliphatic heterocycles. The summed E-state index contributed by atoms with van der Waals surface area (Å²) in [5.74, 6) is 2.53. The predicted molar refractivity (Wildman–Crippen MR) is 81.1 cm³/mol. The number of ether oxygens (including phenoxy) is 1. The minimum absolute atomic E-state index is 0.293. The molecule has 5 heteroatoms. The van der Waals surface area contributed by atoms with Gasteiger partial charge in [0.15, 0.2) is 6.61 Å². The third-order valence-corrected chi connectivity index (χ3v) is 3.00. The smallest absolute Gasteiger partial charge is 0.253 e. The van der Waals surface area contributed by atoms with Crippen molar-refractivity contribution in [3.8, 4) is 5.75 Å². The van der Waals surface area contributed by atoms with Gasteiger partial charge >= 0.3 is 0 Å². The molecule has 1 heterocycles. The molecule has 0 aliphatic rings. The number of benzene rings is 1. The first-order valence-electron chi connectivity index (χ1n) is 7.26. The Bertz CT molecular complexity index is 579. The Kier molecular flexibility index (Phi) is 5.33. The van der Waals surface area contributed by atoms with Crippen molar-refractivity contribution < 1.29 is 9.15 Å². The van der Waals surface area contributed by atoms with E-state index in [1.165, 1.54) is 5.56 Å². The van der Waals surface area contributed by atoms with Gasteiger partial charge in [0.2, 0.25) is 5.89 Å². The largest absolute Gasteiger partial charge is 0.483 e. The summed E-state index contributed by atoms with van der Waals surface area (Å²) < 4.78 is 11.1. The van der Waals surface area contributed by atoms with E-state index in [0.717, 1.165) is 24.4 Å². The fraction of sp³-hybridized carbons (Fsp3) is 0.500. The van der Waals surface area contributed by atoms with Gasteiger partial charge in [0.05, 0.1) is 0 Å². The van der Waals surface area contributed by atoms with Crippen LogP contribution in [0.2, 0.25) is 0 Å². The molecule has 1 aromatic heterocycles. The average Bonchev–Trinajstić information content (AvgIpc) is 2.83. The lowest BCUT2D eigenvalue weighted by molar-refractivity contribution is 0.257. The molecule has 5 nitrogen and oxygen atoms in total. The number of hydrogen-bond donors (Lipinski definition) is 1. The summed E-state index contributed by atoms with van der Waals surface area (Å²) in [6, 6.07) is 6.17. The van der Waals surface area contributed by atoms with Crippen LogP contribution < -0.4 is 10.1 Å². The van der Waals surface area contributed by atoms with E-state index < -0.39 is 0 Å². The van der Waals surface area contributed by atoms with E-state index in [2.05, 4.69) is 42.4 Å². The van der Waals surface area contributed by atoms with E-state index in [9.17, 15) is 0 Å². The molecule has 0 atom stereocenters. The van der Waals surface area contributed by atoms with Crippen LogP contribution in [0.5, 0.6) is 5.75 Å². The molecule has 1 aromatic carbocycles. The molecule has 0 saturated heterocycles. The first kappa shape index (κ1) is 15.5. The summed E-state index contributed by atoms with van der Waals surface area (Å²) >= 11 is 0. The van der Waals surface area contributed by atoms with Gasteiger partial charge in [-0.05, 0) is 25.5 Å². The summed E-state index contributed by atoms with van der Waals surface area (Å²) in [5.41, 5.74) is 2.37. The van der Waals surface area contributed by atoms with Gasteiger partial charge < -0.3 is 14.5 Å². The van der Waals surface area contributed by atoms with Gasteiger partial charge in [-0.3, -0.25) is 0 Å². The molecule has 114 valence electrons. The Morgan fingerprint density at radius 1 is 1.24 bits per heavy atom. The zero-order valence-electron chi connectivity index (χ0n) is 13.1. The topological polar surface area (TPSA) is 60.2 Å². The molecular formula is C16H23N3O2. The normalized spacial score (nSPS) is 11.1. The second kappa shape index (κ2) is 7.22. The molecule has 0 unspecified atom stereocenters. The maximum absolute atomic E-state index is 5.81. The van der Waals surface area contributed by atoms with E-state index in [-0.39, 0.29) is 0 Å². The maximum Gasteiger partial charge on any atom is 0.253 e. The van der Waals surface area contributed by atoms with Gasteiger partial charge in [-0.1, -0.05) is 31.5 Å². The summed E-state index contributed by atoms with van der Waals surface area (Å²) in [7, 11) is 0. The van der Waals surface area contributed by atoms with Gasteiger partial charge in [0.1, 0.15) is 5.75 Å². The van der Waals surface area contributed by atoms with Crippen LogP contribution in [0.15, 0.2) is 22.6 Å². The standard InChI is InChI=1S/C16H23N3O2/c1-11(2)8-17-9-14-7-12(3)5-6-15(14)20-10-16-19-18-13(4)21-16/h5-7,11,17H,8-10H2,1-4H3. The highest BCUT2D eigenvalue weighted by atomic mass is 16.5. The van der Waals surface area contributed by atoms with Crippen molar-refractivity contribution in [2.24, 2.45) is 5.92 Å². The molecule has 1 N–H and O–H groups in total. The van der Waals surface area contributed by atoms with Crippen LogP contribution in [0.4, 0.5) is 0 Å². The first-order chi connectivity index (χ1) is 10.0. The highest BCUT2D eigenvalue weighted by Gasteiger charge is 2.08. The Hall–Kier alpha value is -1.88. The maximum atomic E-state index is 5.81. The number of rotatable bonds is 7. The molecule has 0 spiro atoms. The highest BCUT2D eigenvalue weighted by molar-refractivity contribution is 5.36. The van der Waals surface area contributed by atoms with Crippen LogP contribution in [-0.2, 0) is 13.2 Å². The quantitative estimate of drug-likeness (QED) is 0.849. The second-order valence-corrected chi connectivity index (χ2v) is 5.64. The van der Waals surface area contributed by atoms with E-state index in [0.29, 0.717) is 24.3 Å². The molecule has 0 fully saturated rings. The molecule has 21 heavy (non-hydrogen) atoms. The number of nitrogens with zero attached hydrogens (tertiary/aromatic N) is 2. The van der Waals surface area contributed by atoms with Gasteiger partial charge in [-0.25, -0.2) is 0 Å². The summed E-state index contributed by atoms with van der Waals surface area (Å²) in [4.78, 5) is 0. The molecule has 0 radical (unpaired) electrons. The van der Waals surface area contributed by atoms with Gasteiger partial charge in [0.25, 0.3) is 5.89 Å². The van der Waals surface area contributed by atoms with Crippen LogP contribution in [-0.4, -0.2) is 16.7 Å². The van der Waals surface area contributed by atoms with E-state index in [1.54, 1.807) is 6.92 Å². The summed E-state index contributed by atoms with van der Waals surface area (Å²) in [6.45, 7) is 10.3. The summed E-state index contributed by atoms with van der Waals surface area (Å²) in [5, 5.41) is 11.2. The van der Waals surface area contributed by atoms with Crippen LogP contribution in [0.3, 0.4) is 0 Å². The Morgan fingerprint density at radius 2 is 2.05 bits per heavy atom. The predicted octanol–water partition coefficient (Wildman–Crippen LogP) is 3.01. The Labute approximate surface area is 125 Å². The van der Waals surface area contributed by atoms with Crippen molar-refractivity contribution in [1.29, 1.82) is 0 Å². The number of nitrogens with one attached hydrogen (secondary N) is 1. The lowest BCUT2D eigenvalue weighted by Crippen LogP contribution is -2.19. The third-order valence-electron chi connectivity index (χ3n) is 3.00. The SMILES string of the molecule is Cc1ccc(OCc2nnc(C)o2)c(CNCC(C)C)c1. The van der Waals surface area contributed by atoms with Crippen LogP contribution in [0, 0.1) is 19.8 Å². The fourth-order valence-electron chi connectivity index (χ4n) is 2.02. The summed E-state index contributed by atoms with van der Waals surface area (Å²) in [6.07, 6.45) is 0. The van der Waals surface area contributed by atoms with Gasteiger partial charge in [-0.15, -0.1) is 10.2 Å². The fourth-order valence-corrected chi connectivity index (χ4v) is 2.02. The van der Waals surface area contributed by atoms with Crippen molar-refractivity contribution in [3.63, 3.8) is 0 Å². The zero-order valence-corrected chi connectivity index (χ0v) is 13.1. The van der Waals surface area contributed by atoms with Crippen LogP contribution in [0.1, 0.15) is 36.8 Å². The van der Waals surface area contributed by atoms with E-state index in [4.69, 9.17) is 9.15 Å². The molecule has 0 saturated carbocycles.